The van der Waals surface area contributed by atoms with E-state index >= 15 is 0 Å². The largest absolute Gasteiger partial charge is 0.355 e. The van der Waals surface area contributed by atoms with Crippen molar-refractivity contribution in [3.63, 3.8) is 0 Å². The van der Waals surface area contributed by atoms with Crippen LogP contribution in [0.3, 0.4) is 0 Å². The van der Waals surface area contributed by atoms with Gasteiger partial charge in [-0.3, -0.25) is 9.59 Å². The lowest BCUT2D eigenvalue weighted by Gasteiger charge is -2.16. The van der Waals surface area contributed by atoms with E-state index in [1.54, 1.807) is 12.1 Å². The zero-order valence-electron chi connectivity index (χ0n) is 14.1. The Hall–Kier alpha value is -2.33. The molecule has 0 aromatic heterocycles. The fraction of sp³-hybridized carbons (Fsp3) is 0.300. The average Bonchev–Trinajstić information content (AvgIpc) is 3.41. The number of benzene rings is 2. The molecule has 2 aromatic rings. The summed E-state index contributed by atoms with van der Waals surface area (Å²) in [5.41, 5.74) is 1.78. The number of hydrogen-bond donors (Lipinski definition) is 2. The third-order valence-corrected chi connectivity index (χ3v) is 5.00. The molecule has 2 amide bonds. The second-order valence-corrected chi connectivity index (χ2v) is 6.90. The number of aryl methyl sites for hydroxylation is 1. The molecule has 0 spiro atoms. The van der Waals surface area contributed by atoms with Gasteiger partial charge in [0.1, 0.15) is 5.41 Å². The van der Waals surface area contributed by atoms with Crippen LogP contribution in [0.4, 0.5) is 5.69 Å². The molecule has 1 fully saturated rings. The lowest BCUT2D eigenvalue weighted by Crippen LogP contribution is -2.40. The molecular weight excluding hydrogens is 336 g/mol. The fourth-order valence-corrected chi connectivity index (χ4v) is 2.92. The minimum absolute atomic E-state index is 0.195. The van der Waals surface area contributed by atoms with Crippen molar-refractivity contribution in [1.29, 1.82) is 0 Å². The molecule has 0 heterocycles. The summed E-state index contributed by atoms with van der Waals surface area (Å²) in [4.78, 5) is 25.0. The smallest absolute Gasteiger partial charge is 0.240 e. The second-order valence-electron chi connectivity index (χ2n) is 6.49. The van der Waals surface area contributed by atoms with Crippen molar-refractivity contribution >= 4 is 29.1 Å². The Morgan fingerprint density at radius 1 is 1.08 bits per heavy atom. The van der Waals surface area contributed by atoms with Crippen LogP contribution in [-0.2, 0) is 16.0 Å². The van der Waals surface area contributed by atoms with Crippen molar-refractivity contribution in [2.45, 2.75) is 26.2 Å². The van der Waals surface area contributed by atoms with Crippen LogP contribution in [0.2, 0.25) is 5.02 Å². The van der Waals surface area contributed by atoms with Crippen molar-refractivity contribution < 1.29 is 9.59 Å². The van der Waals surface area contributed by atoms with Crippen LogP contribution in [0, 0.1) is 12.3 Å². The molecule has 0 saturated heterocycles. The summed E-state index contributed by atoms with van der Waals surface area (Å²) in [6.45, 7) is 2.42. The van der Waals surface area contributed by atoms with Gasteiger partial charge in [0.2, 0.25) is 11.8 Å². The topological polar surface area (TPSA) is 58.2 Å². The van der Waals surface area contributed by atoms with Gasteiger partial charge in [-0.05, 0) is 49.4 Å². The zero-order valence-corrected chi connectivity index (χ0v) is 14.9. The lowest BCUT2D eigenvalue weighted by molar-refractivity contribution is -0.134. The Bertz CT molecular complexity index is 786. The Morgan fingerprint density at radius 3 is 2.44 bits per heavy atom. The van der Waals surface area contributed by atoms with Crippen LogP contribution in [0.1, 0.15) is 24.0 Å². The standard InChI is InChI=1S/C20H21ClN2O2/c1-14-7-8-16(13-17(14)21)23-19(25)20(10-11-20)18(24)22-12-9-15-5-3-2-4-6-15/h2-8,13H,9-12H2,1H3,(H,22,24)(H,23,25). The van der Waals surface area contributed by atoms with Crippen LogP contribution in [0.25, 0.3) is 0 Å². The normalized spacial score (nSPS) is 14.6. The highest BCUT2D eigenvalue weighted by Crippen LogP contribution is 2.46. The average molecular weight is 357 g/mol. The molecule has 2 N–H and O–H groups in total. The molecule has 3 rings (SSSR count). The van der Waals surface area contributed by atoms with Crippen LogP contribution in [0.15, 0.2) is 48.5 Å². The van der Waals surface area contributed by atoms with Crippen LogP contribution < -0.4 is 10.6 Å². The van der Waals surface area contributed by atoms with E-state index in [2.05, 4.69) is 10.6 Å². The molecule has 0 aliphatic heterocycles. The fourth-order valence-electron chi connectivity index (χ4n) is 2.74. The SMILES string of the molecule is Cc1ccc(NC(=O)C2(C(=O)NCCc3ccccc3)CC2)cc1Cl. The molecule has 0 atom stereocenters. The summed E-state index contributed by atoms with van der Waals surface area (Å²) >= 11 is 6.09. The Morgan fingerprint density at radius 2 is 1.80 bits per heavy atom. The van der Waals surface area contributed by atoms with Crippen molar-refractivity contribution in [1.82, 2.24) is 5.32 Å². The number of halogens is 1. The maximum Gasteiger partial charge on any atom is 0.240 e. The first-order chi connectivity index (χ1) is 12.0. The molecule has 0 bridgehead atoms. The Labute approximate surface area is 152 Å². The minimum atomic E-state index is -0.936. The van der Waals surface area contributed by atoms with Gasteiger partial charge in [0.05, 0.1) is 0 Å². The van der Waals surface area contributed by atoms with Gasteiger partial charge in [0, 0.05) is 17.3 Å². The number of carbonyl (C=O) groups excluding carboxylic acids is 2. The first-order valence-electron chi connectivity index (χ1n) is 8.41. The summed E-state index contributed by atoms with van der Waals surface area (Å²) in [6.07, 6.45) is 1.91. The molecule has 25 heavy (non-hydrogen) atoms. The second kappa shape index (κ2) is 7.28. The molecule has 1 saturated carbocycles. The predicted molar refractivity (Wildman–Crippen MR) is 99.6 cm³/mol. The van der Waals surface area contributed by atoms with Crippen molar-refractivity contribution in [3.8, 4) is 0 Å². The summed E-state index contributed by atoms with van der Waals surface area (Å²) < 4.78 is 0. The summed E-state index contributed by atoms with van der Waals surface area (Å²) in [7, 11) is 0. The molecule has 1 aliphatic rings. The monoisotopic (exact) mass is 356 g/mol. The van der Waals surface area contributed by atoms with Gasteiger partial charge < -0.3 is 10.6 Å². The molecule has 130 valence electrons. The molecule has 1 aliphatic carbocycles. The van der Waals surface area contributed by atoms with Gasteiger partial charge in [-0.2, -0.15) is 0 Å². The van der Waals surface area contributed by atoms with E-state index in [4.69, 9.17) is 11.6 Å². The number of anilines is 1. The third-order valence-electron chi connectivity index (χ3n) is 4.59. The van der Waals surface area contributed by atoms with E-state index in [-0.39, 0.29) is 11.8 Å². The Balaban J connectivity index is 1.56. The van der Waals surface area contributed by atoms with Gasteiger partial charge >= 0.3 is 0 Å². The quantitative estimate of drug-likeness (QED) is 0.775. The van der Waals surface area contributed by atoms with E-state index in [0.29, 0.717) is 30.1 Å². The number of hydrogen-bond acceptors (Lipinski definition) is 2. The third kappa shape index (κ3) is 4.02. The van der Waals surface area contributed by atoms with Crippen molar-refractivity contribution in [2.24, 2.45) is 5.41 Å². The highest BCUT2D eigenvalue weighted by molar-refractivity contribution is 6.31. The van der Waals surface area contributed by atoms with Crippen molar-refractivity contribution in [2.75, 3.05) is 11.9 Å². The summed E-state index contributed by atoms with van der Waals surface area (Å²) in [5, 5.41) is 6.31. The number of rotatable bonds is 6. The van der Waals surface area contributed by atoms with E-state index < -0.39 is 5.41 Å². The van der Waals surface area contributed by atoms with Crippen LogP contribution >= 0.6 is 11.6 Å². The summed E-state index contributed by atoms with van der Waals surface area (Å²) in [5.74, 6) is -0.455. The van der Waals surface area contributed by atoms with E-state index in [1.165, 1.54) is 0 Å². The minimum Gasteiger partial charge on any atom is -0.355 e. The molecule has 5 heteroatoms. The molecule has 0 unspecified atom stereocenters. The summed E-state index contributed by atoms with van der Waals surface area (Å²) in [6, 6.07) is 15.3. The molecular formula is C20H21ClN2O2. The van der Waals surface area contributed by atoms with Gasteiger partial charge in [-0.1, -0.05) is 48.0 Å². The van der Waals surface area contributed by atoms with E-state index in [0.717, 1.165) is 17.5 Å². The van der Waals surface area contributed by atoms with Gasteiger partial charge in [-0.15, -0.1) is 0 Å². The highest BCUT2D eigenvalue weighted by atomic mass is 35.5. The van der Waals surface area contributed by atoms with Gasteiger partial charge in [0.15, 0.2) is 0 Å². The van der Waals surface area contributed by atoms with Crippen molar-refractivity contribution in [3.05, 3.63) is 64.7 Å². The Kier molecular flexibility index (Phi) is 5.09. The molecule has 0 radical (unpaired) electrons. The highest BCUT2D eigenvalue weighted by Gasteiger charge is 2.56. The lowest BCUT2D eigenvalue weighted by atomic mass is 10.0. The maximum absolute atomic E-state index is 12.6. The number of nitrogens with one attached hydrogen (secondary N) is 2. The first-order valence-corrected chi connectivity index (χ1v) is 8.79. The van der Waals surface area contributed by atoms with E-state index in [1.807, 2.05) is 43.3 Å². The first kappa shape index (κ1) is 17.5. The maximum atomic E-state index is 12.6. The van der Waals surface area contributed by atoms with Crippen LogP contribution in [0.5, 0.6) is 0 Å². The number of carbonyl (C=O) groups is 2. The van der Waals surface area contributed by atoms with Gasteiger partial charge in [-0.25, -0.2) is 0 Å². The predicted octanol–water partition coefficient (Wildman–Crippen LogP) is 3.73. The number of amides is 2. The molecule has 4 nitrogen and oxygen atoms in total. The van der Waals surface area contributed by atoms with E-state index in [9.17, 15) is 9.59 Å². The van der Waals surface area contributed by atoms with Gasteiger partial charge in [0.25, 0.3) is 0 Å². The molecule has 2 aromatic carbocycles. The zero-order chi connectivity index (χ0) is 17.9. The van der Waals surface area contributed by atoms with Crippen LogP contribution in [-0.4, -0.2) is 18.4 Å².